The first-order valence-electron chi connectivity index (χ1n) is 9.70. The van der Waals surface area contributed by atoms with Crippen molar-refractivity contribution in [3.63, 3.8) is 0 Å². The highest BCUT2D eigenvalue weighted by atomic mass is 35.5. The molecule has 3 aromatic rings. The van der Waals surface area contributed by atoms with Crippen LogP contribution < -0.4 is 19.6 Å². The molecule has 0 bridgehead atoms. The van der Waals surface area contributed by atoms with Crippen LogP contribution in [0.4, 0.5) is 0 Å². The quantitative estimate of drug-likeness (QED) is 0.373. The molecule has 0 unspecified atom stereocenters. The van der Waals surface area contributed by atoms with Crippen molar-refractivity contribution in [2.75, 3.05) is 13.7 Å². The van der Waals surface area contributed by atoms with Crippen LogP contribution in [0.25, 0.3) is 0 Å². The summed E-state index contributed by atoms with van der Waals surface area (Å²) in [5, 5.41) is 4.69. The van der Waals surface area contributed by atoms with Gasteiger partial charge in [0.25, 0.3) is 5.91 Å². The fourth-order valence-corrected chi connectivity index (χ4v) is 2.97. The third-order valence-corrected chi connectivity index (χ3v) is 4.52. The Hall–Kier alpha value is -3.51. The minimum absolute atomic E-state index is 0.348. The van der Waals surface area contributed by atoms with Crippen LogP contribution in [0.2, 0.25) is 5.02 Å². The molecule has 0 aliphatic heterocycles. The molecule has 7 heteroatoms. The Morgan fingerprint density at radius 3 is 2.55 bits per heavy atom. The van der Waals surface area contributed by atoms with E-state index in [-0.39, 0.29) is 5.91 Å². The van der Waals surface area contributed by atoms with Gasteiger partial charge in [0.1, 0.15) is 12.4 Å². The van der Waals surface area contributed by atoms with Crippen molar-refractivity contribution >= 4 is 23.7 Å². The lowest BCUT2D eigenvalue weighted by atomic mass is 10.2. The highest BCUT2D eigenvalue weighted by molar-refractivity contribution is 6.30. The number of carbonyl (C=O) groups excluding carboxylic acids is 1. The van der Waals surface area contributed by atoms with Gasteiger partial charge in [0.05, 0.1) is 19.9 Å². The zero-order valence-electron chi connectivity index (χ0n) is 17.3. The Morgan fingerprint density at radius 2 is 1.84 bits per heavy atom. The second kappa shape index (κ2) is 11.0. The molecule has 0 aliphatic rings. The zero-order valence-corrected chi connectivity index (χ0v) is 18.1. The molecule has 0 aromatic heterocycles. The second-order valence-electron chi connectivity index (χ2n) is 6.49. The van der Waals surface area contributed by atoms with E-state index in [1.54, 1.807) is 24.4 Å². The van der Waals surface area contributed by atoms with Crippen LogP contribution in [0.5, 0.6) is 17.2 Å². The van der Waals surface area contributed by atoms with Crippen molar-refractivity contribution in [1.29, 1.82) is 0 Å². The van der Waals surface area contributed by atoms with E-state index in [2.05, 4.69) is 10.5 Å². The molecule has 0 spiro atoms. The fraction of sp³-hybridized carbons (Fsp3) is 0.167. The molecule has 0 fully saturated rings. The van der Waals surface area contributed by atoms with Gasteiger partial charge in [0.15, 0.2) is 11.5 Å². The van der Waals surface area contributed by atoms with Crippen molar-refractivity contribution in [2.45, 2.75) is 13.5 Å². The van der Waals surface area contributed by atoms with Gasteiger partial charge in [0.2, 0.25) is 0 Å². The van der Waals surface area contributed by atoms with E-state index in [9.17, 15) is 4.79 Å². The first-order chi connectivity index (χ1) is 15.1. The Bertz CT molecular complexity index is 1050. The maximum atomic E-state index is 12.3. The molecular formula is C24H23ClN2O4. The number of carbonyl (C=O) groups is 1. The number of hydrogen-bond donors (Lipinski definition) is 1. The molecule has 160 valence electrons. The smallest absolute Gasteiger partial charge is 0.271 e. The maximum Gasteiger partial charge on any atom is 0.271 e. The third-order valence-electron chi connectivity index (χ3n) is 4.28. The number of nitrogens with zero attached hydrogens (tertiary/aromatic N) is 1. The first kappa shape index (κ1) is 22.2. The predicted molar refractivity (Wildman–Crippen MR) is 121 cm³/mol. The number of benzene rings is 3. The molecule has 0 aliphatic carbocycles. The summed E-state index contributed by atoms with van der Waals surface area (Å²) in [6, 6.07) is 19.9. The van der Waals surface area contributed by atoms with Gasteiger partial charge in [-0.3, -0.25) is 4.79 Å². The topological polar surface area (TPSA) is 69.2 Å². The van der Waals surface area contributed by atoms with E-state index in [1.165, 1.54) is 7.11 Å². The van der Waals surface area contributed by atoms with Crippen LogP contribution in [-0.2, 0) is 6.61 Å². The monoisotopic (exact) mass is 438 g/mol. The Labute approximate surface area is 186 Å². The normalized spacial score (nSPS) is 10.7. The second-order valence-corrected chi connectivity index (χ2v) is 6.92. The van der Waals surface area contributed by atoms with Gasteiger partial charge in [-0.15, -0.1) is 0 Å². The van der Waals surface area contributed by atoms with Gasteiger partial charge in [-0.05, 0) is 72.6 Å². The van der Waals surface area contributed by atoms with Crippen molar-refractivity contribution in [2.24, 2.45) is 5.10 Å². The van der Waals surface area contributed by atoms with Crippen LogP contribution in [-0.4, -0.2) is 25.8 Å². The third kappa shape index (κ3) is 6.49. The van der Waals surface area contributed by atoms with E-state index in [0.29, 0.717) is 35.3 Å². The fourth-order valence-electron chi connectivity index (χ4n) is 2.76. The summed E-state index contributed by atoms with van der Waals surface area (Å²) in [7, 11) is 1.53. The molecule has 31 heavy (non-hydrogen) atoms. The van der Waals surface area contributed by atoms with Gasteiger partial charge in [0, 0.05) is 10.6 Å². The first-order valence-corrected chi connectivity index (χ1v) is 10.1. The summed E-state index contributed by atoms with van der Waals surface area (Å²) in [6.45, 7) is 2.82. The number of methoxy groups -OCH3 is 1. The van der Waals surface area contributed by atoms with Crippen LogP contribution in [0, 0.1) is 0 Å². The number of hydrazone groups is 1. The highest BCUT2D eigenvalue weighted by Gasteiger charge is 2.10. The maximum absolute atomic E-state index is 12.3. The van der Waals surface area contributed by atoms with Gasteiger partial charge in [-0.1, -0.05) is 23.7 Å². The molecule has 0 radical (unpaired) electrons. The molecular weight excluding hydrogens is 416 g/mol. The number of halogens is 1. The van der Waals surface area contributed by atoms with Gasteiger partial charge in [-0.2, -0.15) is 5.10 Å². The van der Waals surface area contributed by atoms with Crippen molar-refractivity contribution in [3.8, 4) is 17.2 Å². The predicted octanol–water partition coefficient (Wildman–Crippen LogP) is 5.09. The molecule has 0 heterocycles. The van der Waals surface area contributed by atoms with Crippen LogP contribution in [0.3, 0.4) is 0 Å². The van der Waals surface area contributed by atoms with Crippen LogP contribution in [0.1, 0.15) is 28.4 Å². The molecule has 1 amide bonds. The summed E-state index contributed by atoms with van der Waals surface area (Å²) in [4.78, 5) is 12.3. The lowest BCUT2D eigenvalue weighted by Gasteiger charge is -2.10. The van der Waals surface area contributed by atoms with E-state index in [4.69, 9.17) is 25.8 Å². The minimum Gasteiger partial charge on any atom is -0.493 e. The molecule has 0 saturated carbocycles. The van der Waals surface area contributed by atoms with E-state index < -0.39 is 0 Å². The van der Waals surface area contributed by atoms with Gasteiger partial charge >= 0.3 is 0 Å². The number of hydrogen-bond acceptors (Lipinski definition) is 5. The average Bonchev–Trinajstić information content (AvgIpc) is 2.79. The number of nitrogens with one attached hydrogen (secondary N) is 1. The number of rotatable bonds is 9. The molecule has 0 atom stereocenters. The molecule has 3 aromatic carbocycles. The van der Waals surface area contributed by atoms with Gasteiger partial charge in [-0.25, -0.2) is 5.43 Å². The summed E-state index contributed by atoms with van der Waals surface area (Å²) in [5.74, 6) is 1.45. The highest BCUT2D eigenvalue weighted by Crippen LogP contribution is 2.28. The standard InChI is InChI=1S/C24H23ClN2O4/c1-3-30-22-12-9-19(14-23(22)29-2)24(28)27-26-15-17-7-10-21(11-8-17)31-16-18-5-4-6-20(25)13-18/h4-15H,3,16H2,1-2H3,(H,27,28)/b26-15+. The lowest BCUT2D eigenvalue weighted by Crippen LogP contribution is -2.17. The minimum atomic E-state index is -0.348. The number of amides is 1. The summed E-state index contributed by atoms with van der Waals surface area (Å²) in [5.41, 5.74) is 4.74. The average molecular weight is 439 g/mol. The zero-order chi connectivity index (χ0) is 22.1. The number of ether oxygens (including phenoxy) is 3. The Morgan fingerprint density at radius 1 is 1.03 bits per heavy atom. The summed E-state index contributed by atoms with van der Waals surface area (Å²) >= 11 is 5.98. The summed E-state index contributed by atoms with van der Waals surface area (Å²) < 4.78 is 16.5. The lowest BCUT2D eigenvalue weighted by molar-refractivity contribution is 0.0954. The largest absolute Gasteiger partial charge is 0.493 e. The van der Waals surface area contributed by atoms with Gasteiger partial charge < -0.3 is 14.2 Å². The SMILES string of the molecule is CCOc1ccc(C(=O)N/N=C/c2ccc(OCc3cccc(Cl)c3)cc2)cc1OC. The van der Waals surface area contributed by atoms with Crippen molar-refractivity contribution in [1.82, 2.24) is 5.43 Å². The molecule has 1 N–H and O–H groups in total. The molecule has 3 rings (SSSR count). The van der Waals surface area contributed by atoms with E-state index in [0.717, 1.165) is 16.9 Å². The Kier molecular flexibility index (Phi) is 7.90. The van der Waals surface area contributed by atoms with Crippen molar-refractivity contribution < 1.29 is 19.0 Å². The van der Waals surface area contributed by atoms with E-state index in [1.807, 2.05) is 55.5 Å². The molecule has 6 nitrogen and oxygen atoms in total. The summed E-state index contributed by atoms with van der Waals surface area (Å²) in [6.07, 6.45) is 1.56. The van der Waals surface area contributed by atoms with E-state index >= 15 is 0 Å². The Balaban J connectivity index is 1.54. The van der Waals surface area contributed by atoms with Crippen molar-refractivity contribution in [3.05, 3.63) is 88.4 Å². The van der Waals surface area contributed by atoms with Crippen LogP contribution >= 0.6 is 11.6 Å². The molecule has 0 saturated heterocycles. The van der Waals surface area contributed by atoms with Crippen LogP contribution in [0.15, 0.2) is 71.8 Å².